The van der Waals surface area contributed by atoms with Crippen molar-refractivity contribution in [1.82, 2.24) is 20.0 Å². The number of nitrogens with two attached hydrogens (primary N) is 1. The van der Waals surface area contributed by atoms with Crippen LogP contribution in [-0.2, 0) is 16.1 Å². The second kappa shape index (κ2) is 12.9. The number of hydrogen-bond donors (Lipinski definition) is 1. The third-order valence-electron chi connectivity index (χ3n) is 8.92. The van der Waals surface area contributed by atoms with E-state index in [1.165, 1.54) is 4.90 Å². The molecule has 0 aliphatic carbocycles. The van der Waals surface area contributed by atoms with Crippen LogP contribution in [0.5, 0.6) is 5.75 Å². The minimum atomic E-state index is -2.86. The molecule has 12 heteroatoms. The number of halogens is 2. The van der Waals surface area contributed by atoms with Crippen LogP contribution in [0.3, 0.4) is 0 Å². The average Bonchev–Trinajstić information content (AvgIpc) is 3.26. The van der Waals surface area contributed by atoms with E-state index >= 15 is 8.78 Å². The summed E-state index contributed by atoms with van der Waals surface area (Å²) in [5.41, 5.74) is 9.34. The number of rotatable bonds is 9. The van der Waals surface area contributed by atoms with Crippen molar-refractivity contribution < 1.29 is 27.8 Å². The molecule has 3 aliphatic rings. The number of anilines is 2. The molecule has 3 aliphatic heterocycles. The summed E-state index contributed by atoms with van der Waals surface area (Å²) in [4.78, 5) is 18.6. The third-order valence-corrected chi connectivity index (χ3v) is 8.92. The molecule has 2 bridgehead atoms. The summed E-state index contributed by atoms with van der Waals surface area (Å²) in [7, 11) is 1.56. The lowest BCUT2D eigenvalue weighted by atomic mass is 9.92. The number of fused-ring (bicyclic) bond motifs is 2. The number of nitrogens with zero attached hydrogens (tertiary/aromatic N) is 5. The maximum absolute atomic E-state index is 15.2. The summed E-state index contributed by atoms with van der Waals surface area (Å²) < 4.78 is 46.7. The molecule has 3 aromatic rings. The molecule has 4 heterocycles. The van der Waals surface area contributed by atoms with Gasteiger partial charge in [0.25, 0.3) is 5.92 Å². The number of nitrogen functional groups attached to an aromatic ring is 1. The Balaban J connectivity index is 1.12. The number of hydrogen-bond acceptors (Lipinski definition) is 9. The molecule has 6 rings (SSSR count). The topological polar surface area (TPSA) is 106 Å². The van der Waals surface area contributed by atoms with Gasteiger partial charge in [0, 0.05) is 63.9 Å². The first-order valence-corrected chi connectivity index (χ1v) is 15.0. The number of piperazine rings is 1. The fourth-order valence-corrected chi connectivity index (χ4v) is 6.59. The number of amides is 1. The van der Waals surface area contributed by atoms with E-state index < -0.39 is 17.9 Å². The lowest BCUT2D eigenvalue weighted by Gasteiger charge is -2.46. The van der Waals surface area contributed by atoms with Gasteiger partial charge in [0.2, 0.25) is 0 Å². The highest BCUT2D eigenvalue weighted by molar-refractivity contribution is 5.74. The molecule has 3 saturated heterocycles. The molecule has 234 valence electrons. The summed E-state index contributed by atoms with van der Waals surface area (Å²) >= 11 is 0. The summed E-state index contributed by atoms with van der Waals surface area (Å²) in [5, 5.41) is 8.58. The molecule has 0 radical (unpaired) electrons. The fourth-order valence-electron chi connectivity index (χ4n) is 6.59. The zero-order chi connectivity index (χ0) is 30.7. The van der Waals surface area contributed by atoms with Crippen molar-refractivity contribution >= 4 is 17.6 Å². The zero-order valence-corrected chi connectivity index (χ0v) is 24.8. The van der Waals surface area contributed by atoms with Crippen molar-refractivity contribution in [2.24, 2.45) is 5.92 Å². The van der Waals surface area contributed by atoms with Crippen LogP contribution in [0.25, 0.3) is 11.3 Å². The fraction of sp³-hybridized carbons (Fsp3) is 0.469. The number of aromatic nitrogens is 2. The van der Waals surface area contributed by atoms with Crippen LogP contribution in [0.15, 0.2) is 60.7 Å². The SMILES string of the molecule is COCOc1ccccc1-c1cc(N2CC3CCC(C2)N3CC2CN(C(=O)OCc3ccccc3)CCC2(F)F)c(N)nn1. The number of para-hydroxylation sites is 1. The minimum Gasteiger partial charge on any atom is -0.467 e. The maximum Gasteiger partial charge on any atom is 0.410 e. The molecule has 3 fully saturated rings. The molecular formula is C32H38F2N6O4. The molecule has 1 amide bonds. The minimum absolute atomic E-state index is 0.0198. The van der Waals surface area contributed by atoms with Gasteiger partial charge in [-0.1, -0.05) is 42.5 Å². The van der Waals surface area contributed by atoms with E-state index in [-0.39, 0.29) is 51.5 Å². The number of carbonyl (C=O) groups excluding carboxylic acids is 1. The Morgan fingerprint density at radius 1 is 1.02 bits per heavy atom. The third kappa shape index (κ3) is 6.41. The van der Waals surface area contributed by atoms with Gasteiger partial charge in [-0.05, 0) is 36.6 Å². The van der Waals surface area contributed by atoms with Gasteiger partial charge in [-0.15, -0.1) is 10.2 Å². The molecule has 0 saturated carbocycles. The second-order valence-electron chi connectivity index (χ2n) is 11.7. The molecule has 3 unspecified atom stereocenters. The summed E-state index contributed by atoms with van der Waals surface area (Å²) in [6, 6.07) is 18.9. The first kappa shape index (κ1) is 30.0. The van der Waals surface area contributed by atoms with Gasteiger partial charge in [-0.3, -0.25) is 4.90 Å². The van der Waals surface area contributed by atoms with Gasteiger partial charge in [0.05, 0.1) is 17.3 Å². The van der Waals surface area contributed by atoms with Crippen LogP contribution in [0, 0.1) is 5.92 Å². The first-order valence-electron chi connectivity index (χ1n) is 15.0. The lowest BCUT2D eigenvalue weighted by molar-refractivity contribution is -0.113. The van der Waals surface area contributed by atoms with Crippen LogP contribution < -0.4 is 15.4 Å². The van der Waals surface area contributed by atoms with Crippen molar-refractivity contribution in [3.8, 4) is 17.0 Å². The number of alkyl halides is 2. The van der Waals surface area contributed by atoms with E-state index in [9.17, 15) is 4.79 Å². The average molecular weight is 609 g/mol. The normalized spacial score (nSPS) is 23.0. The van der Waals surface area contributed by atoms with Crippen molar-refractivity contribution in [3.05, 3.63) is 66.2 Å². The van der Waals surface area contributed by atoms with Crippen LogP contribution in [0.1, 0.15) is 24.8 Å². The quantitative estimate of drug-likeness (QED) is 0.348. The number of ether oxygens (including phenoxy) is 3. The van der Waals surface area contributed by atoms with E-state index in [0.717, 1.165) is 29.7 Å². The van der Waals surface area contributed by atoms with E-state index in [2.05, 4.69) is 20.0 Å². The summed E-state index contributed by atoms with van der Waals surface area (Å²) in [6.45, 7) is 1.65. The molecular weight excluding hydrogens is 570 g/mol. The van der Waals surface area contributed by atoms with Crippen LogP contribution in [0.2, 0.25) is 0 Å². The Bertz CT molecular complexity index is 1430. The predicted molar refractivity (Wildman–Crippen MR) is 161 cm³/mol. The highest BCUT2D eigenvalue weighted by Crippen LogP contribution is 2.40. The standard InChI is InChI=1S/C32H38F2N6O4/c1-42-21-44-29-10-6-5-9-26(29)27-15-28(30(35)37-36-27)39-18-24-11-12-25(19-39)40(24)17-23-16-38(14-13-32(23,33)34)31(41)43-20-22-7-3-2-4-8-22/h2-10,15,23-25H,11-14,16-21H2,1H3,(H2,35,37). The highest BCUT2D eigenvalue weighted by Gasteiger charge is 2.49. The van der Waals surface area contributed by atoms with Gasteiger partial charge in [-0.2, -0.15) is 0 Å². The Labute approximate surface area is 255 Å². The zero-order valence-electron chi connectivity index (χ0n) is 24.8. The van der Waals surface area contributed by atoms with Crippen molar-refractivity contribution in [3.63, 3.8) is 0 Å². The Morgan fingerprint density at radius 3 is 2.50 bits per heavy atom. The van der Waals surface area contributed by atoms with E-state index in [4.69, 9.17) is 19.9 Å². The van der Waals surface area contributed by atoms with Crippen LogP contribution in [0.4, 0.5) is 25.1 Å². The number of benzene rings is 2. The largest absolute Gasteiger partial charge is 0.467 e. The molecule has 2 aromatic carbocycles. The number of piperidine rings is 1. The van der Waals surface area contributed by atoms with Crippen molar-refractivity contribution in [2.45, 2.75) is 43.9 Å². The summed E-state index contributed by atoms with van der Waals surface area (Å²) in [6.07, 6.45) is 0.890. The van der Waals surface area contributed by atoms with Gasteiger partial charge in [0.1, 0.15) is 12.4 Å². The number of likely N-dealkylation sites (tertiary alicyclic amines) is 1. The maximum atomic E-state index is 15.2. The second-order valence-corrected chi connectivity index (χ2v) is 11.7. The van der Waals surface area contributed by atoms with Crippen molar-refractivity contribution in [2.75, 3.05) is 57.3 Å². The molecule has 44 heavy (non-hydrogen) atoms. The smallest absolute Gasteiger partial charge is 0.410 e. The Hall–Kier alpha value is -4.03. The van der Waals surface area contributed by atoms with E-state index in [1.807, 2.05) is 60.7 Å². The first-order chi connectivity index (χ1) is 21.3. The summed E-state index contributed by atoms with van der Waals surface area (Å²) in [5.74, 6) is -2.89. The number of methoxy groups -OCH3 is 1. The molecule has 3 atom stereocenters. The molecule has 0 spiro atoms. The molecule has 2 N–H and O–H groups in total. The number of carbonyl (C=O) groups is 1. The van der Waals surface area contributed by atoms with Crippen molar-refractivity contribution in [1.29, 1.82) is 0 Å². The van der Waals surface area contributed by atoms with Gasteiger partial charge in [-0.25, -0.2) is 13.6 Å². The monoisotopic (exact) mass is 608 g/mol. The van der Waals surface area contributed by atoms with Gasteiger partial charge >= 0.3 is 6.09 Å². The molecule has 10 nitrogen and oxygen atoms in total. The highest BCUT2D eigenvalue weighted by atomic mass is 19.3. The molecule has 1 aromatic heterocycles. The lowest BCUT2D eigenvalue weighted by Crippen LogP contribution is -2.59. The van der Waals surface area contributed by atoms with E-state index in [0.29, 0.717) is 30.4 Å². The van der Waals surface area contributed by atoms with Gasteiger partial charge < -0.3 is 29.7 Å². The van der Waals surface area contributed by atoms with Crippen LogP contribution in [-0.4, -0.2) is 90.7 Å². The Morgan fingerprint density at radius 2 is 1.75 bits per heavy atom. The van der Waals surface area contributed by atoms with E-state index in [1.54, 1.807) is 7.11 Å². The van der Waals surface area contributed by atoms with Gasteiger partial charge in [0.15, 0.2) is 12.6 Å². The Kier molecular flexibility index (Phi) is 8.81. The predicted octanol–water partition coefficient (Wildman–Crippen LogP) is 4.66. The van der Waals surface area contributed by atoms with Crippen LogP contribution >= 0.6 is 0 Å².